The van der Waals surface area contributed by atoms with Crippen LogP contribution in [-0.4, -0.2) is 17.3 Å². The van der Waals surface area contributed by atoms with Crippen LogP contribution < -0.4 is 10.1 Å². The molecule has 0 aliphatic heterocycles. The molecule has 0 aliphatic rings. The predicted octanol–water partition coefficient (Wildman–Crippen LogP) is 2.82. The van der Waals surface area contributed by atoms with Gasteiger partial charge < -0.3 is 10.1 Å². The molecule has 0 saturated heterocycles. The number of H-pyrrole nitrogens is 1. The Morgan fingerprint density at radius 1 is 1.50 bits per heavy atom. The van der Waals surface area contributed by atoms with Crippen molar-refractivity contribution in [1.29, 1.82) is 0 Å². The van der Waals surface area contributed by atoms with Crippen LogP contribution in [0.2, 0.25) is 0 Å². The molecule has 6 heteroatoms. The lowest BCUT2D eigenvalue weighted by Crippen LogP contribution is -2.01. The third-order valence-electron chi connectivity index (χ3n) is 2.06. The number of para-hydroxylation sites is 1. The summed E-state index contributed by atoms with van der Waals surface area (Å²) in [5, 5.41) is 10.7. The molecule has 2 N–H and O–H groups in total. The van der Waals surface area contributed by atoms with Crippen LogP contribution in [0.4, 0.5) is 5.13 Å². The highest BCUT2D eigenvalue weighted by Gasteiger charge is 2.02. The minimum Gasteiger partial charge on any atom is -0.496 e. The molecule has 0 unspecified atom stereocenters. The van der Waals surface area contributed by atoms with E-state index < -0.39 is 0 Å². The maximum atomic E-state index is 5.25. The summed E-state index contributed by atoms with van der Waals surface area (Å²) in [7, 11) is 1.66. The molecule has 1 aromatic heterocycles. The van der Waals surface area contributed by atoms with E-state index in [1.54, 1.807) is 7.11 Å². The van der Waals surface area contributed by atoms with E-state index in [-0.39, 0.29) is 0 Å². The number of aromatic amines is 1. The Morgan fingerprint density at radius 2 is 2.31 bits per heavy atom. The summed E-state index contributed by atoms with van der Waals surface area (Å²) in [4.78, 5) is 0. The van der Waals surface area contributed by atoms with E-state index in [2.05, 4.69) is 15.5 Å². The number of methoxy groups -OCH3 is 1. The Labute approximate surface area is 102 Å². The van der Waals surface area contributed by atoms with Crippen molar-refractivity contribution < 1.29 is 4.74 Å². The molecule has 16 heavy (non-hydrogen) atoms. The summed E-state index contributed by atoms with van der Waals surface area (Å²) in [5.41, 5.74) is 1.09. The lowest BCUT2D eigenvalue weighted by atomic mass is 10.2. The average Bonchev–Trinajstić information content (AvgIpc) is 2.73. The van der Waals surface area contributed by atoms with Gasteiger partial charge in [-0.25, -0.2) is 0 Å². The standard InChI is InChI=1S/C10H11N3OS2/c1-14-8-5-3-2-4-7(8)6-11-9-12-13-10(15)16-9/h2-5H,6H2,1H3,(H,11,12)(H,13,15). The number of anilines is 1. The van der Waals surface area contributed by atoms with Gasteiger partial charge in [0.25, 0.3) is 0 Å². The molecule has 0 atom stereocenters. The number of nitrogens with one attached hydrogen (secondary N) is 2. The molecule has 0 bridgehead atoms. The van der Waals surface area contributed by atoms with Gasteiger partial charge in [-0.2, -0.15) is 0 Å². The van der Waals surface area contributed by atoms with E-state index in [9.17, 15) is 0 Å². The number of benzene rings is 1. The maximum absolute atomic E-state index is 5.25. The van der Waals surface area contributed by atoms with Crippen LogP contribution in [-0.2, 0) is 6.54 Å². The first-order valence-electron chi connectivity index (χ1n) is 4.71. The van der Waals surface area contributed by atoms with Crippen molar-refractivity contribution in [3.8, 4) is 5.75 Å². The van der Waals surface area contributed by atoms with Gasteiger partial charge in [-0.15, -0.1) is 5.10 Å². The van der Waals surface area contributed by atoms with Gasteiger partial charge in [0, 0.05) is 12.1 Å². The second-order valence-corrected chi connectivity index (χ2v) is 4.75. The summed E-state index contributed by atoms with van der Waals surface area (Å²) < 4.78 is 5.92. The van der Waals surface area contributed by atoms with E-state index in [1.807, 2.05) is 24.3 Å². The summed E-state index contributed by atoms with van der Waals surface area (Å²) in [6, 6.07) is 7.87. The third kappa shape index (κ3) is 2.59. The molecule has 0 spiro atoms. The first-order valence-corrected chi connectivity index (χ1v) is 5.93. The number of aromatic nitrogens is 2. The monoisotopic (exact) mass is 253 g/mol. The third-order valence-corrected chi connectivity index (χ3v) is 3.11. The fourth-order valence-electron chi connectivity index (χ4n) is 1.33. The van der Waals surface area contributed by atoms with Crippen molar-refractivity contribution in [2.75, 3.05) is 12.4 Å². The zero-order valence-corrected chi connectivity index (χ0v) is 10.3. The van der Waals surface area contributed by atoms with Crippen molar-refractivity contribution in [1.82, 2.24) is 10.2 Å². The van der Waals surface area contributed by atoms with Gasteiger partial charge in [0.1, 0.15) is 5.75 Å². The minimum atomic E-state index is 0.667. The van der Waals surface area contributed by atoms with Gasteiger partial charge >= 0.3 is 0 Å². The summed E-state index contributed by atoms with van der Waals surface area (Å²) >= 11 is 6.36. The van der Waals surface area contributed by atoms with Crippen molar-refractivity contribution in [2.24, 2.45) is 0 Å². The Morgan fingerprint density at radius 3 is 3.00 bits per heavy atom. The van der Waals surface area contributed by atoms with Crippen LogP contribution in [0.1, 0.15) is 5.56 Å². The van der Waals surface area contributed by atoms with Crippen molar-refractivity contribution >= 4 is 28.7 Å². The summed E-state index contributed by atoms with van der Waals surface area (Å²) in [6.07, 6.45) is 0. The van der Waals surface area contributed by atoms with Crippen LogP contribution in [0.3, 0.4) is 0 Å². The molecule has 1 aromatic carbocycles. The fourth-order valence-corrected chi connectivity index (χ4v) is 2.11. The van der Waals surface area contributed by atoms with E-state index in [0.29, 0.717) is 10.5 Å². The Balaban J connectivity index is 2.07. The highest BCUT2D eigenvalue weighted by atomic mass is 32.1. The molecular weight excluding hydrogens is 242 g/mol. The molecule has 2 aromatic rings. The number of rotatable bonds is 4. The van der Waals surface area contributed by atoms with Crippen molar-refractivity contribution in [3.63, 3.8) is 0 Å². The topological polar surface area (TPSA) is 49.9 Å². The normalized spacial score (nSPS) is 10.1. The lowest BCUT2D eigenvalue weighted by Gasteiger charge is -2.07. The van der Waals surface area contributed by atoms with Gasteiger partial charge in [0.2, 0.25) is 5.13 Å². The Hall–Kier alpha value is -1.40. The van der Waals surface area contributed by atoms with E-state index in [0.717, 1.165) is 16.4 Å². The van der Waals surface area contributed by atoms with Gasteiger partial charge in [0.15, 0.2) is 3.95 Å². The van der Waals surface area contributed by atoms with E-state index >= 15 is 0 Å². The quantitative estimate of drug-likeness (QED) is 0.823. The molecule has 0 saturated carbocycles. The van der Waals surface area contributed by atoms with Crippen LogP contribution >= 0.6 is 23.6 Å². The first-order chi connectivity index (χ1) is 7.79. The fraction of sp³-hybridized carbons (Fsp3) is 0.200. The molecule has 0 radical (unpaired) electrons. The van der Waals surface area contributed by atoms with Gasteiger partial charge in [0.05, 0.1) is 7.11 Å². The molecule has 1 heterocycles. The number of hydrogen-bond acceptors (Lipinski definition) is 5. The van der Waals surface area contributed by atoms with Crippen LogP contribution in [0.25, 0.3) is 0 Å². The number of hydrogen-bond donors (Lipinski definition) is 2. The van der Waals surface area contributed by atoms with Crippen molar-refractivity contribution in [3.05, 3.63) is 33.8 Å². The van der Waals surface area contributed by atoms with Crippen LogP contribution in [0, 0.1) is 3.95 Å². The Bertz CT molecular complexity index is 521. The van der Waals surface area contributed by atoms with Crippen LogP contribution in [0.5, 0.6) is 5.75 Å². The second-order valence-electron chi connectivity index (χ2n) is 3.08. The van der Waals surface area contributed by atoms with Crippen LogP contribution in [0.15, 0.2) is 24.3 Å². The average molecular weight is 253 g/mol. The predicted molar refractivity (Wildman–Crippen MR) is 67.6 cm³/mol. The van der Waals surface area contributed by atoms with Gasteiger partial charge in [-0.3, -0.25) is 5.10 Å². The highest BCUT2D eigenvalue weighted by Crippen LogP contribution is 2.19. The minimum absolute atomic E-state index is 0.667. The number of ether oxygens (including phenoxy) is 1. The molecule has 0 fully saturated rings. The Kier molecular flexibility index (Phi) is 3.53. The highest BCUT2D eigenvalue weighted by molar-refractivity contribution is 7.73. The largest absolute Gasteiger partial charge is 0.496 e. The maximum Gasteiger partial charge on any atom is 0.204 e. The SMILES string of the molecule is COc1ccccc1CNc1n[nH]c(=S)s1. The summed E-state index contributed by atoms with van der Waals surface area (Å²) in [6.45, 7) is 0.667. The zero-order valence-electron chi connectivity index (χ0n) is 8.69. The van der Waals surface area contributed by atoms with Gasteiger partial charge in [-0.1, -0.05) is 29.5 Å². The van der Waals surface area contributed by atoms with E-state index in [4.69, 9.17) is 17.0 Å². The smallest absolute Gasteiger partial charge is 0.204 e. The first kappa shape index (κ1) is 11.1. The molecule has 0 aliphatic carbocycles. The van der Waals surface area contributed by atoms with Crippen molar-refractivity contribution in [2.45, 2.75) is 6.54 Å². The number of nitrogens with zero attached hydrogens (tertiary/aromatic N) is 1. The molecule has 0 amide bonds. The lowest BCUT2D eigenvalue weighted by molar-refractivity contribution is 0.410. The molecule has 2 rings (SSSR count). The van der Waals surface area contributed by atoms with Gasteiger partial charge in [-0.05, 0) is 18.3 Å². The molecular formula is C10H11N3OS2. The molecule has 84 valence electrons. The zero-order chi connectivity index (χ0) is 11.4. The molecule has 4 nitrogen and oxygen atoms in total. The van der Waals surface area contributed by atoms with E-state index in [1.165, 1.54) is 11.3 Å². The second kappa shape index (κ2) is 5.09. The summed E-state index contributed by atoms with van der Waals surface area (Å²) in [5.74, 6) is 0.870.